The molecule has 152 valence electrons. The minimum Gasteiger partial charge on any atom is -0.452 e. The van der Waals surface area contributed by atoms with Crippen LogP contribution in [0.15, 0.2) is 16.7 Å². The van der Waals surface area contributed by atoms with Crippen LogP contribution < -0.4 is 0 Å². The molecule has 0 unspecified atom stereocenters. The molecule has 0 aliphatic carbocycles. The molecular formula is C21H23N3O4S. The lowest BCUT2D eigenvalue weighted by molar-refractivity contribution is -0.135. The van der Waals surface area contributed by atoms with Crippen LogP contribution >= 0.6 is 11.3 Å². The maximum Gasteiger partial charge on any atom is 0.339 e. The molecule has 29 heavy (non-hydrogen) atoms. The molecule has 0 aromatic carbocycles. The van der Waals surface area contributed by atoms with Crippen molar-refractivity contribution >= 4 is 34.3 Å². The minimum atomic E-state index is -0.570. The van der Waals surface area contributed by atoms with Gasteiger partial charge in [0.05, 0.1) is 22.3 Å². The Balaban J connectivity index is 1.63. The van der Waals surface area contributed by atoms with Gasteiger partial charge < -0.3 is 14.2 Å². The molecule has 3 aromatic heterocycles. The molecule has 0 bridgehead atoms. The van der Waals surface area contributed by atoms with Crippen LogP contribution in [0, 0.1) is 20.8 Å². The summed E-state index contributed by atoms with van der Waals surface area (Å²) in [4.78, 5) is 33.8. The Morgan fingerprint density at radius 2 is 1.93 bits per heavy atom. The fraction of sp³-hybridized carbons (Fsp3) is 0.429. The lowest BCUT2D eigenvalue weighted by Gasteiger charge is -2.26. The number of hydrogen-bond donors (Lipinski definition) is 0. The quantitative estimate of drug-likeness (QED) is 0.600. The summed E-state index contributed by atoms with van der Waals surface area (Å²) in [7, 11) is 0. The lowest BCUT2D eigenvalue weighted by Crippen LogP contribution is -2.38. The highest BCUT2D eigenvalue weighted by Gasteiger charge is 2.23. The number of nitrogens with zero attached hydrogens (tertiary/aromatic N) is 3. The summed E-state index contributed by atoms with van der Waals surface area (Å²) in [5.74, 6) is -0.727. The Morgan fingerprint density at radius 3 is 2.62 bits per heavy atom. The van der Waals surface area contributed by atoms with Gasteiger partial charge in [-0.05, 0) is 52.2 Å². The van der Waals surface area contributed by atoms with Crippen molar-refractivity contribution in [2.75, 3.05) is 19.7 Å². The van der Waals surface area contributed by atoms with Crippen molar-refractivity contribution in [3.8, 4) is 11.3 Å². The Hall–Kier alpha value is -2.74. The van der Waals surface area contributed by atoms with Crippen molar-refractivity contribution in [1.82, 2.24) is 15.0 Å². The van der Waals surface area contributed by atoms with E-state index >= 15 is 0 Å². The normalized spacial score (nSPS) is 14.4. The molecule has 4 rings (SSSR count). The number of aryl methyl sites for hydroxylation is 3. The van der Waals surface area contributed by atoms with E-state index in [0.29, 0.717) is 22.3 Å². The van der Waals surface area contributed by atoms with Gasteiger partial charge in [-0.3, -0.25) is 4.79 Å². The van der Waals surface area contributed by atoms with Crippen molar-refractivity contribution in [2.24, 2.45) is 0 Å². The van der Waals surface area contributed by atoms with E-state index in [0.717, 1.165) is 47.7 Å². The minimum absolute atomic E-state index is 0.157. The second-order valence-electron chi connectivity index (χ2n) is 7.35. The van der Waals surface area contributed by atoms with Crippen LogP contribution in [0.5, 0.6) is 0 Å². The van der Waals surface area contributed by atoms with Crippen molar-refractivity contribution in [1.29, 1.82) is 0 Å². The number of carbonyl (C=O) groups is 2. The fourth-order valence-electron chi connectivity index (χ4n) is 3.72. The molecule has 1 saturated heterocycles. The monoisotopic (exact) mass is 413 g/mol. The van der Waals surface area contributed by atoms with Crippen molar-refractivity contribution < 1.29 is 18.8 Å². The highest BCUT2D eigenvalue weighted by molar-refractivity contribution is 7.12. The Labute approximate surface area is 172 Å². The van der Waals surface area contributed by atoms with E-state index in [2.05, 4.69) is 10.1 Å². The smallest absolute Gasteiger partial charge is 0.339 e. The van der Waals surface area contributed by atoms with Crippen molar-refractivity contribution in [3.05, 3.63) is 33.1 Å². The maximum absolute atomic E-state index is 12.9. The van der Waals surface area contributed by atoms with Crippen LogP contribution in [-0.2, 0) is 9.53 Å². The third-order valence-electron chi connectivity index (χ3n) is 5.19. The van der Waals surface area contributed by atoms with Crippen molar-refractivity contribution in [3.63, 3.8) is 0 Å². The summed E-state index contributed by atoms with van der Waals surface area (Å²) in [5, 5.41) is 4.47. The number of carbonyl (C=O) groups excluding carboxylic acids is 2. The topological polar surface area (TPSA) is 85.5 Å². The summed E-state index contributed by atoms with van der Waals surface area (Å²) >= 11 is 1.67. The predicted molar refractivity (Wildman–Crippen MR) is 110 cm³/mol. The van der Waals surface area contributed by atoms with E-state index in [4.69, 9.17) is 9.26 Å². The van der Waals surface area contributed by atoms with E-state index in [9.17, 15) is 9.59 Å². The van der Waals surface area contributed by atoms with Gasteiger partial charge in [-0.1, -0.05) is 5.16 Å². The number of thiophene rings is 1. The number of aromatic nitrogens is 2. The Bertz CT molecular complexity index is 1080. The zero-order valence-electron chi connectivity index (χ0n) is 16.8. The van der Waals surface area contributed by atoms with E-state index in [1.54, 1.807) is 29.2 Å². The second-order valence-corrected chi connectivity index (χ2v) is 8.81. The molecule has 0 saturated carbocycles. The molecule has 0 atom stereocenters. The highest BCUT2D eigenvalue weighted by atomic mass is 32.1. The van der Waals surface area contributed by atoms with Crippen LogP contribution in [-0.4, -0.2) is 46.6 Å². The average Bonchev–Trinajstić information content (AvgIpc) is 3.27. The molecular weight excluding hydrogens is 390 g/mol. The van der Waals surface area contributed by atoms with E-state index in [1.165, 1.54) is 0 Å². The van der Waals surface area contributed by atoms with Crippen molar-refractivity contribution in [2.45, 2.75) is 40.0 Å². The van der Waals surface area contributed by atoms with Gasteiger partial charge >= 0.3 is 5.97 Å². The summed E-state index contributed by atoms with van der Waals surface area (Å²) in [6.07, 6.45) is 3.12. The summed E-state index contributed by atoms with van der Waals surface area (Å²) in [6.45, 7) is 6.98. The van der Waals surface area contributed by atoms with Crippen LogP contribution in [0.2, 0.25) is 0 Å². The number of pyridine rings is 1. The number of rotatable bonds is 4. The number of ether oxygens (including phenoxy) is 1. The maximum atomic E-state index is 12.9. The number of likely N-dealkylation sites (tertiary alicyclic amines) is 1. The number of hydrogen-bond acceptors (Lipinski definition) is 7. The van der Waals surface area contributed by atoms with Gasteiger partial charge in [0.2, 0.25) is 0 Å². The standard InChI is InChI=1S/C21H23N3O4S/c1-12-9-15(14(3)29-12)17-10-16(19-13(2)23-28-20(19)22-17)21(26)27-11-18(25)24-7-5-4-6-8-24/h9-10H,4-8,11H2,1-3H3. The van der Waals surface area contributed by atoms with Crippen LogP contribution in [0.3, 0.4) is 0 Å². The molecule has 0 radical (unpaired) electrons. The molecule has 1 aliphatic heterocycles. The SMILES string of the molecule is Cc1cc(-c2cc(C(=O)OCC(=O)N3CCCCC3)c3c(C)noc3n2)c(C)s1. The Morgan fingerprint density at radius 1 is 1.17 bits per heavy atom. The molecule has 0 spiro atoms. The van der Waals surface area contributed by atoms with E-state index < -0.39 is 5.97 Å². The largest absolute Gasteiger partial charge is 0.452 e. The van der Waals surface area contributed by atoms with Gasteiger partial charge in [0.25, 0.3) is 11.6 Å². The highest BCUT2D eigenvalue weighted by Crippen LogP contribution is 2.33. The summed E-state index contributed by atoms with van der Waals surface area (Å²) < 4.78 is 10.7. The van der Waals surface area contributed by atoms with E-state index in [-0.39, 0.29) is 18.2 Å². The average molecular weight is 413 g/mol. The molecule has 3 aromatic rings. The van der Waals surface area contributed by atoms with Gasteiger partial charge in [0.15, 0.2) is 6.61 Å². The van der Waals surface area contributed by atoms with E-state index in [1.807, 2.05) is 19.9 Å². The molecule has 7 nitrogen and oxygen atoms in total. The predicted octanol–water partition coefficient (Wildman–Crippen LogP) is 4.05. The van der Waals surface area contributed by atoms with Gasteiger partial charge in [0, 0.05) is 28.4 Å². The molecule has 1 fully saturated rings. The number of piperidine rings is 1. The van der Waals surface area contributed by atoms with Gasteiger partial charge in [-0.25, -0.2) is 9.78 Å². The molecule has 4 heterocycles. The molecule has 8 heteroatoms. The number of amides is 1. The second kappa shape index (κ2) is 7.94. The molecule has 1 aliphatic rings. The third kappa shape index (κ3) is 3.89. The third-order valence-corrected chi connectivity index (χ3v) is 6.16. The summed E-state index contributed by atoms with van der Waals surface area (Å²) in [5.41, 5.74) is 2.74. The van der Waals surface area contributed by atoms with Crippen LogP contribution in [0.1, 0.15) is 45.1 Å². The molecule has 0 N–H and O–H groups in total. The first-order valence-corrected chi connectivity index (χ1v) is 10.5. The zero-order valence-corrected chi connectivity index (χ0v) is 17.6. The van der Waals surface area contributed by atoms with Gasteiger partial charge in [-0.15, -0.1) is 11.3 Å². The van der Waals surface area contributed by atoms with Crippen LogP contribution in [0.4, 0.5) is 0 Å². The first kappa shape index (κ1) is 19.6. The Kier molecular flexibility index (Phi) is 5.36. The molecule has 1 amide bonds. The zero-order chi connectivity index (χ0) is 20.5. The number of fused-ring (bicyclic) bond motifs is 1. The van der Waals surface area contributed by atoms with Gasteiger partial charge in [0.1, 0.15) is 0 Å². The first-order chi connectivity index (χ1) is 13.9. The van der Waals surface area contributed by atoms with Gasteiger partial charge in [-0.2, -0.15) is 0 Å². The fourth-order valence-corrected chi connectivity index (χ4v) is 4.65. The summed E-state index contributed by atoms with van der Waals surface area (Å²) in [6, 6.07) is 3.74. The first-order valence-electron chi connectivity index (χ1n) is 9.73. The van der Waals surface area contributed by atoms with Crippen LogP contribution in [0.25, 0.3) is 22.4 Å². The number of esters is 1. The lowest BCUT2D eigenvalue weighted by atomic mass is 10.1.